The number of aliphatic imine (C=N–C) groups is 1. The Morgan fingerprint density at radius 3 is 2.45 bits per heavy atom. The van der Waals surface area contributed by atoms with Gasteiger partial charge in [-0.3, -0.25) is 9.79 Å². The van der Waals surface area contributed by atoms with Crippen LogP contribution in [0.2, 0.25) is 0 Å². The predicted octanol–water partition coefficient (Wildman–Crippen LogP) is 2.41. The summed E-state index contributed by atoms with van der Waals surface area (Å²) >= 11 is 0. The van der Waals surface area contributed by atoms with E-state index in [0.29, 0.717) is 25.0 Å². The van der Waals surface area contributed by atoms with Crippen LogP contribution in [0.25, 0.3) is 0 Å². The number of guanidine groups is 1. The summed E-state index contributed by atoms with van der Waals surface area (Å²) in [5.74, 6) is 1.72. The lowest BCUT2D eigenvalue weighted by atomic mass is 9.95. The smallest absolute Gasteiger partial charge is 0.222 e. The van der Waals surface area contributed by atoms with Gasteiger partial charge in [0, 0.05) is 25.0 Å². The van der Waals surface area contributed by atoms with Gasteiger partial charge in [0.25, 0.3) is 0 Å². The van der Waals surface area contributed by atoms with E-state index >= 15 is 0 Å². The van der Waals surface area contributed by atoms with Crippen molar-refractivity contribution in [3.8, 4) is 0 Å². The van der Waals surface area contributed by atoms with Crippen molar-refractivity contribution in [2.45, 2.75) is 70.9 Å². The Balaban J connectivity index is 0.00000242. The largest absolute Gasteiger partial charge is 0.357 e. The summed E-state index contributed by atoms with van der Waals surface area (Å²) in [5.41, 5.74) is 0. The van der Waals surface area contributed by atoms with Crippen LogP contribution in [0.3, 0.4) is 0 Å². The second kappa shape index (κ2) is 10.3. The van der Waals surface area contributed by atoms with Crippen LogP contribution in [0.5, 0.6) is 0 Å². The van der Waals surface area contributed by atoms with Crippen molar-refractivity contribution in [2.75, 3.05) is 13.1 Å². The van der Waals surface area contributed by atoms with Gasteiger partial charge in [0.05, 0.1) is 6.54 Å². The molecule has 2 aliphatic rings. The Bertz CT molecular complexity index is 369. The molecule has 0 aromatic rings. The second-order valence-electron chi connectivity index (χ2n) is 6.38. The van der Waals surface area contributed by atoms with Crippen LogP contribution in [0.1, 0.15) is 58.8 Å². The van der Waals surface area contributed by atoms with E-state index in [1.807, 2.05) is 0 Å². The minimum absolute atomic E-state index is 0. The first kappa shape index (κ1) is 19.5. The Morgan fingerprint density at radius 2 is 1.86 bits per heavy atom. The highest BCUT2D eigenvalue weighted by molar-refractivity contribution is 14.0. The van der Waals surface area contributed by atoms with Crippen molar-refractivity contribution in [3.63, 3.8) is 0 Å². The predicted molar refractivity (Wildman–Crippen MR) is 102 cm³/mol. The zero-order chi connectivity index (χ0) is 15.1. The third-order valence-electron chi connectivity index (χ3n) is 4.35. The van der Waals surface area contributed by atoms with Gasteiger partial charge in [0.2, 0.25) is 5.91 Å². The van der Waals surface area contributed by atoms with Crippen LogP contribution < -0.4 is 16.0 Å². The minimum Gasteiger partial charge on any atom is -0.357 e. The first-order valence-electron chi connectivity index (χ1n) is 8.53. The Morgan fingerprint density at radius 1 is 1.18 bits per heavy atom. The Hall–Kier alpha value is -0.530. The number of rotatable bonds is 6. The fourth-order valence-corrected chi connectivity index (χ4v) is 2.83. The maximum Gasteiger partial charge on any atom is 0.222 e. The molecule has 3 N–H and O–H groups in total. The highest BCUT2D eigenvalue weighted by Gasteiger charge is 2.33. The Kier molecular flexibility index (Phi) is 9.12. The molecular formula is C16H31IN4O. The summed E-state index contributed by atoms with van der Waals surface area (Å²) in [6.45, 7) is 5.69. The van der Waals surface area contributed by atoms with Gasteiger partial charge in [-0.25, -0.2) is 0 Å². The lowest BCUT2D eigenvalue weighted by Gasteiger charge is -2.22. The second-order valence-corrected chi connectivity index (χ2v) is 6.38. The summed E-state index contributed by atoms with van der Waals surface area (Å²) in [6, 6.07) is 0.952. The Labute approximate surface area is 151 Å². The number of nitrogens with one attached hydrogen (secondary N) is 3. The zero-order valence-electron chi connectivity index (χ0n) is 13.9. The summed E-state index contributed by atoms with van der Waals surface area (Å²) in [6.07, 6.45) is 7.78. The molecular weight excluding hydrogens is 391 g/mol. The van der Waals surface area contributed by atoms with Crippen LogP contribution in [-0.2, 0) is 4.79 Å². The van der Waals surface area contributed by atoms with Crippen molar-refractivity contribution < 1.29 is 4.79 Å². The van der Waals surface area contributed by atoms with Crippen molar-refractivity contribution in [3.05, 3.63) is 0 Å². The quantitative estimate of drug-likeness (QED) is 0.350. The number of carbonyl (C=O) groups is 1. The van der Waals surface area contributed by atoms with Gasteiger partial charge in [0.15, 0.2) is 5.96 Å². The molecule has 2 aliphatic carbocycles. The third kappa shape index (κ3) is 7.15. The molecule has 2 saturated carbocycles. The molecule has 0 aromatic carbocycles. The minimum atomic E-state index is 0. The molecule has 2 fully saturated rings. The maximum atomic E-state index is 11.9. The average molecular weight is 422 g/mol. The number of halogens is 1. The first-order chi connectivity index (χ1) is 10.2. The molecule has 2 unspecified atom stereocenters. The number of hydrogen-bond donors (Lipinski definition) is 3. The molecule has 0 aromatic heterocycles. The topological polar surface area (TPSA) is 65.5 Å². The molecule has 22 heavy (non-hydrogen) atoms. The summed E-state index contributed by atoms with van der Waals surface area (Å²) in [7, 11) is 0. The fraction of sp³-hybridized carbons (Fsp3) is 0.875. The van der Waals surface area contributed by atoms with Gasteiger partial charge in [-0.1, -0.05) is 26.2 Å². The third-order valence-corrected chi connectivity index (χ3v) is 4.35. The number of amides is 1. The molecule has 0 radical (unpaired) electrons. The molecule has 0 saturated heterocycles. The van der Waals surface area contributed by atoms with Gasteiger partial charge in [0.1, 0.15) is 0 Å². The molecule has 1 amide bonds. The molecule has 0 bridgehead atoms. The van der Waals surface area contributed by atoms with Gasteiger partial charge in [-0.05, 0) is 32.1 Å². The van der Waals surface area contributed by atoms with E-state index in [9.17, 15) is 4.79 Å². The van der Waals surface area contributed by atoms with Gasteiger partial charge < -0.3 is 16.0 Å². The molecule has 128 valence electrons. The fourth-order valence-electron chi connectivity index (χ4n) is 2.83. The van der Waals surface area contributed by atoms with Crippen molar-refractivity contribution in [1.82, 2.24) is 16.0 Å². The highest BCUT2D eigenvalue weighted by Crippen LogP contribution is 2.28. The molecule has 0 heterocycles. The number of carbonyl (C=O) groups excluding carboxylic acids is 1. The molecule has 2 atom stereocenters. The van der Waals surface area contributed by atoms with E-state index in [1.165, 1.54) is 25.7 Å². The van der Waals surface area contributed by atoms with Gasteiger partial charge in [-0.15, -0.1) is 24.0 Å². The molecule has 0 aliphatic heterocycles. The average Bonchev–Trinajstić information content (AvgIpc) is 3.15. The molecule has 5 nitrogen and oxygen atoms in total. The molecule has 0 spiro atoms. The highest BCUT2D eigenvalue weighted by atomic mass is 127. The lowest BCUT2D eigenvalue weighted by molar-refractivity contribution is -0.121. The number of nitrogens with zero attached hydrogens (tertiary/aromatic N) is 1. The van der Waals surface area contributed by atoms with Gasteiger partial charge in [-0.2, -0.15) is 0 Å². The SMILES string of the molecule is CCNC(=NCCC(=O)NC1CCCCC1)NC1CC1C.I. The van der Waals surface area contributed by atoms with E-state index in [4.69, 9.17) is 0 Å². The maximum absolute atomic E-state index is 11.9. The van der Waals surface area contributed by atoms with E-state index in [-0.39, 0.29) is 29.9 Å². The van der Waals surface area contributed by atoms with Crippen molar-refractivity contribution >= 4 is 35.8 Å². The van der Waals surface area contributed by atoms with Crippen LogP contribution in [0.4, 0.5) is 0 Å². The van der Waals surface area contributed by atoms with Crippen molar-refractivity contribution in [1.29, 1.82) is 0 Å². The summed E-state index contributed by atoms with van der Waals surface area (Å²) in [4.78, 5) is 16.4. The first-order valence-corrected chi connectivity index (χ1v) is 8.53. The van der Waals surface area contributed by atoms with Crippen LogP contribution >= 0.6 is 24.0 Å². The lowest BCUT2D eigenvalue weighted by Crippen LogP contribution is -2.39. The van der Waals surface area contributed by atoms with Crippen LogP contribution in [-0.4, -0.2) is 37.0 Å². The molecule has 2 rings (SSSR count). The van der Waals surface area contributed by atoms with Crippen molar-refractivity contribution in [2.24, 2.45) is 10.9 Å². The molecule has 6 heteroatoms. The summed E-state index contributed by atoms with van der Waals surface area (Å²) < 4.78 is 0. The summed E-state index contributed by atoms with van der Waals surface area (Å²) in [5, 5.41) is 9.78. The number of hydrogen-bond acceptors (Lipinski definition) is 2. The standard InChI is InChI=1S/C16H30N4O.HI/c1-3-17-16(20-14-11-12(14)2)18-10-9-15(21)19-13-7-5-4-6-8-13;/h12-14H,3-11H2,1-2H3,(H,19,21)(H2,17,18,20);1H. The van der Waals surface area contributed by atoms with E-state index in [2.05, 4.69) is 34.8 Å². The van der Waals surface area contributed by atoms with E-state index in [1.54, 1.807) is 0 Å². The zero-order valence-corrected chi connectivity index (χ0v) is 16.2. The van der Waals surface area contributed by atoms with Crippen LogP contribution in [0.15, 0.2) is 4.99 Å². The monoisotopic (exact) mass is 422 g/mol. The van der Waals surface area contributed by atoms with E-state index < -0.39 is 0 Å². The normalized spacial score (nSPS) is 25.1. The van der Waals surface area contributed by atoms with Gasteiger partial charge >= 0.3 is 0 Å². The van der Waals surface area contributed by atoms with Crippen LogP contribution in [0, 0.1) is 5.92 Å². The van der Waals surface area contributed by atoms with E-state index in [0.717, 1.165) is 31.3 Å².